The molecule has 4 nitrogen and oxygen atoms in total. The average molecular weight is 394 g/mol. The lowest BCUT2D eigenvalue weighted by Gasteiger charge is -2.39. The molecule has 154 valence electrons. The lowest BCUT2D eigenvalue weighted by Crippen LogP contribution is -2.36. The molecular formula is C22H28F2O4. The van der Waals surface area contributed by atoms with Gasteiger partial charge in [-0.25, -0.2) is 0 Å². The van der Waals surface area contributed by atoms with Crippen LogP contribution in [0.1, 0.15) is 56.9 Å². The minimum Gasteiger partial charge on any atom is -0.461 e. The molecule has 0 radical (unpaired) electrons. The number of benzene rings is 1. The van der Waals surface area contributed by atoms with Crippen LogP contribution in [-0.2, 0) is 25.7 Å². The first-order chi connectivity index (χ1) is 13.5. The summed E-state index contributed by atoms with van der Waals surface area (Å²) in [6.07, 6.45) is 1.97. The van der Waals surface area contributed by atoms with Crippen LogP contribution in [0.4, 0.5) is 8.78 Å². The van der Waals surface area contributed by atoms with Crippen LogP contribution < -0.4 is 0 Å². The summed E-state index contributed by atoms with van der Waals surface area (Å²) in [5, 5.41) is 0. The van der Waals surface area contributed by atoms with Gasteiger partial charge in [0.2, 0.25) is 0 Å². The minimum atomic E-state index is -0.740. The number of alkyl halides is 2. The summed E-state index contributed by atoms with van der Waals surface area (Å²) in [5.41, 5.74) is 0.182. The minimum absolute atomic E-state index is 0.0530. The van der Waals surface area contributed by atoms with Crippen molar-refractivity contribution in [3.63, 3.8) is 0 Å². The largest absolute Gasteiger partial charge is 0.461 e. The van der Waals surface area contributed by atoms with E-state index in [1.54, 1.807) is 0 Å². The molecule has 0 heterocycles. The van der Waals surface area contributed by atoms with E-state index in [0.717, 1.165) is 5.56 Å². The number of hydrogen-bond acceptors (Lipinski definition) is 4. The number of halogens is 2. The molecule has 1 saturated carbocycles. The molecule has 1 aliphatic rings. The molecule has 0 amide bonds. The van der Waals surface area contributed by atoms with E-state index in [1.807, 2.05) is 30.3 Å². The second kappa shape index (κ2) is 11.0. The van der Waals surface area contributed by atoms with Crippen molar-refractivity contribution in [1.82, 2.24) is 0 Å². The molecule has 0 aromatic heterocycles. The van der Waals surface area contributed by atoms with Gasteiger partial charge < -0.3 is 4.74 Å². The van der Waals surface area contributed by atoms with E-state index >= 15 is 0 Å². The molecule has 28 heavy (non-hydrogen) atoms. The third-order valence-electron chi connectivity index (χ3n) is 5.39. The Morgan fingerprint density at radius 1 is 1.00 bits per heavy atom. The topological polar surface area (TPSA) is 60.4 Å². The molecule has 1 unspecified atom stereocenters. The maximum atomic E-state index is 12.6. The van der Waals surface area contributed by atoms with Crippen molar-refractivity contribution >= 4 is 17.5 Å². The summed E-state index contributed by atoms with van der Waals surface area (Å²) >= 11 is 0. The number of ketones is 2. The number of carbonyl (C=O) groups is 3. The molecule has 1 aromatic rings. The van der Waals surface area contributed by atoms with Crippen LogP contribution in [0.25, 0.3) is 0 Å². The number of Topliss-reactive ketones (excluding diaryl/α,β-unsaturated/α-hetero) is 2. The summed E-state index contributed by atoms with van der Waals surface area (Å²) in [6, 6.07) is 9.33. The zero-order valence-corrected chi connectivity index (χ0v) is 16.1. The molecule has 1 fully saturated rings. The van der Waals surface area contributed by atoms with Crippen LogP contribution >= 0.6 is 0 Å². The van der Waals surface area contributed by atoms with Crippen LogP contribution in [-0.4, -0.2) is 30.9 Å². The molecule has 0 aliphatic heterocycles. The number of ether oxygens (including phenoxy) is 1. The van der Waals surface area contributed by atoms with E-state index in [0.29, 0.717) is 25.7 Å². The van der Waals surface area contributed by atoms with Gasteiger partial charge in [0.25, 0.3) is 0 Å². The molecular weight excluding hydrogens is 366 g/mol. The summed E-state index contributed by atoms with van der Waals surface area (Å²) in [7, 11) is 0. The number of carbonyl (C=O) groups excluding carboxylic acids is 3. The monoisotopic (exact) mass is 394 g/mol. The van der Waals surface area contributed by atoms with Crippen molar-refractivity contribution in [3.05, 3.63) is 35.9 Å². The van der Waals surface area contributed by atoms with Gasteiger partial charge in [-0.1, -0.05) is 36.8 Å². The van der Waals surface area contributed by atoms with Crippen molar-refractivity contribution < 1.29 is 27.9 Å². The smallest absolute Gasteiger partial charge is 0.309 e. The van der Waals surface area contributed by atoms with Gasteiger partial charge in [-0.05, 0) is 30.2 Å². The van der Waals surface area contributed by atoms with Gasteiger partial charge >= 0.3 is 5.97 Å². The van der Waals surface area contributed by atoms with E-state index in [1.165, 1.54) is 0 Å². The molecule has 1 atom stereocenters. The Kier molecular flexibility index (Phi) is 8.74. The maximum Gasteiger partial charge on any atom is 0.309 e. The zero-order chi connectivity index (χ0) is 20.4. The molecule has 0 spiro atoms. The highest BCUT2D eigenvalue weighted by molar-refractivity contribution is 5.83. The van der Waals surface area contributed by atoms with Crippen LogP contribution in [0.2, 0.25) is 0 Å². The number of hydrogen-bond donors (Lipinski definition) is 0. The fraction of sp³-hybridized carbons (Fsp3) is 0.591. The quantitative estimate of drug-likeness (QED) is 0.517. The van der Waals surface area contributed by atoms with Crippen LogP contribution in [0.15, 0.2) is 30.3 Å². The standard InChI is InChI=1S/C22H28F2O4/c23-11-8-19(25)14-22(15-20(26)9-12-24)10-4-7-18(13-22)21(27)28-16-17-5-2-1-3-6-17/h1-3,5-6,18H,4,7-16H2. The number of esters is 1. The Balaban J connectivity index is 2.04. The third-order valence-corrected chi connectivity index (χ3v) is 5.39. The molecule has 1 aliphatic carbocycles. The maximum absolute atomic E-state index is 12.6. The van der Waals surface area contributed by atoms with E-state index in [9.17, 15) is 23.2 Å². The predicted octanol–water partition coefficient (Wildman–Crippen LogP) is 4.54. The van der Waals surface area contributed by atoms with Crippen molar-refractivity contribution in [2.75, 3.05) is 13.3 Å². The van der Waals surface area contributed by atoms with E-state index in [4.69, 9.17) is 4.74 Å². The van der Waals surface area contributed by atoms with Gasteiger partial charge in [-0.15, -0.1) is 0 Å². The second-order valence-corrected chi connectivity index (χ2v) is 7.70. The van der Waals surface area contributed by atoms with Crippen molar-refractivity contribution in [2.45, 2.75) is 58.0 Å². The molecule has 0 bridgehead atoms. The SMILES string of the molecule is O=C(CCF)CC1(CC(=O)CCF)CCCC(C(=O)OCc2ccccc2)C1. The third kappa shape index (κ3) is 6.80. The fourth-order valence-electron chi connectivity index (χ4n) is 4.11. The van der Waals surface area contributed by atoms with Crippen LogP contribution in [0.3, 0.4) is 0 Å². The Morgan fingerprint density at radius 2 is 1.61 bits per heavy atom. The highest BCUT2D eigenvalue weighted by Crippen LogP contribution is 2.46. The van der Waals surface area contributed by atoms with Gasteiger partial charge in [-0.3, -0.25) is 23.2 Å². The lowest BCUT2D eigenvalue weighted by molar-refractivity contribution is -0.154. The highest BCUT2D eigenvalue weighted by atomic mass is 19.1. The fourth-order valence-corrected chi connectivity index (χ4v) is 4.11. The zero-order valence-electron chi connectivity index (χ0n) is 16.1. The Bertz CT molecular complexity index is 640. The van der Waals surface area contributed by atoms with Gasteiger partial charge in [-0.2, -0.15) is 0 Å². The average Bonchev–Trinajstić information content (AvgIpc) is 2.67. The summed E-state index contributed by atoms with van der Waals surface area (Å²) in [4.78, 5) is 36.8. The first-order valence-corrected chi connectivity index (χ1v) is 9.84. The van der Waals surface area contributed by atoms with Crippen molar-refractivity contribution in [1.29, 1.82) is 0 Å². The number of rotatable bonds is 11. The molecule has 0 saturated heterocycles. The molecule has 2 rings (SSSR count). The molecule has 1 aromatic carbocycles. The summed E-state index contributed by atoms with van der Waals surface area (Å²) in [6.45, 7) is -1.31. The van der Waals surface area contributed by atoms with Crippen LogP contribution in [0.5, 0.6) is 0 Å². The normalized spacial score (nSPS) is 18.4. The van der Waals surface area contributed by atoms with Gasteiger partial charge in [0.1, 0.15) is 18.2 Å². The van der Waals surface area contributed by atoms with Gasteiger partial charge in [0, 0.05) is 25.7 Å². The van der Waals surface area contributed by atoms with Gasteiger partial charge in [0.05, 0.1) is 19.3 Å². The summed E-state index contributed by atoms with van der Waals surface area (Å²) < 4.78 is 30.6. The van der Waals surface area contributed by atoms with E-state index < -0.39 is 24.7 Å². The summed E-state index contributed by atoms with van der Waals surface area (Å²) in [5.74, 6) is -1.26. The van der Waals surface area contributed by atoms with Crippen molar-refractivity contribution in [3.8, 4) is 0 Å². The molecule has 0 N–H and O–H groups in total. The highest BCUT2D eigenvalue weighted by Gasteiger charge is 2.42. The Hall–Kier alpha value is -2.11. The Labute approximate surface area is 164 Å². The first kappa shape index (κ1) is 22.2. The Morgan fingerprint density at radius 3 is 2.18 bits per heavy atom. The van der Waals surface area contributed by atoms with E-state index in [2.05, 4.69) is 0 Å². The van der Waals surface area contributed by atoms with Gasteiger partial charge in [0.15, 0.2) is 0 Å². The first-order valence-electron chi connectivity index (χ1n) is 9.84. The lowest BCUT2D eigenvalue weighted by atomic mass is 9.64. The predicted molar refractivity (Wildman–Crippen MR) is 101 cm³/mol. The van der Waals surface area contributed by atoms with Crippen molar-refractivity contribution in [2.24, 2.45) is 11.3 Å². The second-order valence-electron chi connectivity index (χ2n) is 7.70. The van der Waals surface area contributed by atoms with E-state index in [-0.39, 0.29) is 49.8 Å². The van der Waals surface area contributed by atoms with Crippen LogP contribution in [0, 0.1) is 11.3 Å². The molecule has 6 heteroatoms.